The number of terminal acetylenes is 1. The van der Waals surface area contributed by atoms with Crippen LogP contribution in [-0.4, -0.2) is 0 Å². The van der Waals surface area contributed by atoms with Crippen molar-refractivity contribution in [2.45, 2.75) is 12.8 Å². The summed E-state index contributed by atoms with van der Waals surface area (Å²) in [6, 6.07) is 2.63. The Kier molecular flexibility index (Phi) is 3.44. The first-order valence-corrected chi connectivity index (χ1v) is 4.52. The van der Waals surface area contributed by atoms with Crippen LogP contribution in [0.4, 0.5) is 8.78 Å². The lowest BCUT2D eigenvalue weighted by atomic mass is 10.1. The summed E-state index contributed by atoms with van der Waals surface area (Å²) in [7, 11) is 0. The van der Waals surface area contributed by atoms with Gasteiger partial charge < -0.3 is 0 Å². The molecule has 68 valence electrons. The van der Waals surface area contributed by atoms with Gasteiger partial charge in [0.05, 0.1) is 4.47 Å². The van der Waals surface area contributed by atoms with Gasteiger partial charge in [-0.05, 0) is 34.0 Å². The van der Waals surface area contributed by atoms with E-state index in [4.69, 9.17) is 6.42 Å². The Labute approximate surface area is 84.1 Å². The van der Waals surface area contributed by atoms with Crippen LogP contribution >= 0.6 is 15.9 Å². The highest BCUT2D eigenvalue weighted by molar-refractivity contribution is 9.10. The quantitative estimate of drug-likeness (QED) is 0.554. The van der Waals surface area contributed by atoms with Crippen LogP contribution in [0.1, 0.15) is 12.0 Å². The normalized spacial score (nSPS) is 9.69. The van der Waals surface area contributed by atoms with Crippen LogP contribution in [0.25, 0.3) is 0 Å². The Balaban J connectivity index is 2.98. The van der Waals surface area contributed by atoms with Gasteiger partial charge in [-0.1, -0.05) is 6.07 Å². The molecule has 0 aliphatic heterocycles. The predicted molar refractivity (Wildman–Crippen MR) is 51.2 cm³/mol. The molecule has 0 aromatic heterocycles. The molecule has 0 nitrogen and oxygen atoms in total. The van der Waals surface area contributed by atoms with E-state index in [1.54, 1.807) is 0 Å². The molecule has 0 heterocycles. The Morgan fingerprint density at radius 2 is 2.08 bits per heavy atom. The molecule has 1 rings (SSSR count). The van der Waals surface area contributed by atoms with Crippen LogP contribution in [0.5, 0.6) is 0 Å². The highest BCUT2D eigenvalue weighted by Crippen LogP contribution is 2.23. The van der Waals surface area contributed by atoms with E-state index < -0.39 is 11.6 Å². The molecule has 13 heavy (non-hydrogen) atoms. The van der Waals surface area contributed by atoms with E-state index in [-0.39, 0.29) is 4.47 Å². The molecule has 0 spiro atoms. The number of rotatable bonds is 2. The smallest absolute Gasteiger partial charge is 0.143 e. The molecule has 1 aromatic carbocycles. The van der Waals surface area contributed by atoms with E-state index in [1.165, 1.54) is 12.1 Å². The number of hydrogen-bond acceptors (Lipinski definition) is 0. The summed E-state index contributed by atoms with van der Waals surface area (Å²) in [6.45, 7) is 0. The van der Waals surface area contributed by atoms with Crippen LogP contribution in [-0.2, 0) is 6.42 Å². The van der Waals surface area contributed by atoms with Crippen molar-refractivity contribution in [1.82, 2.24) is 0 Å². The molecule has 0 radical (unpaired) electrons. The van der Waals surface area contributed by atoms with Gasteiger partial charge in [0.1, 0.15) is 11.6 Å². The van der Waals surface area contributed by atoms with Gasteiger partial charge in [-0.2, -0.15) is 0 Å². The summed E-state index contributed by atoms with van der Waals surface area (Å²) in [5, 5.41) is 0. The molecule has 0 atom stereocenters. The first-order valence-electron chi connectivity index (χ1n) is 3.72. The number of benzene rings is 1. The molecule has 0 N–H and O–H groups in total. The Morgan fingerprint density at radius 1 is 1.38 bits per heavy atom. The molecule has 0 bridgehead atoms. The van der Waals surface area contributed by atoms with Crippen LogP contribution < -0.4 is 0 Å². The van der Waals surface area contributed by atoms with E-state index in [9.17, 15) is 8.78 Å². The van der Waals surface area contributed by atoms with E-state index in [0.29, 0.717) is 18.4 Å². The third kappa shape index (κ3) is 2.28. The molecule has 0 unspecified atom stereocenters. The van der Waals surface area contributed by atoms with Crippen LogP contribution in [0.15, 0.2) is 16.6 Å². The van der Waals surface area contributed by atoms with E-state index >= 15 is 0 Å². The fourth-order valence-electron chi connectivity index (χ4n) is 0.966. The van der Waals surface area contributed by atoms with Gasteiger partial charge in [0, 0.05) is 6.42 Å². The minimum absolute atomic E-state index is 0.123. The van der Waals surface area contributed by atoms with Crippen molar-refractivity contribution in [3.8, 4) is 12.3 Å². The highest BCUT2D eigenvalue weighted by atomic mass is 79.9. The summed E-state index contributed by atoms with van der Waals surface area (Å²) >= 11 is 2.82. The average molecular weight is 245 g/mol. The summed E-state index contributed by atoms with van der Waals surface area (Å²) < 4.78 is 25.9. The molecule has 1 aromatic rings. The van der Waals surface area contributed by atoms with E-state index in [1.807, 2.05) is 0 Å². The third-order valence-corrected chi connectivity index (χ3v) is 2.38. The maximum absolute atomic E-state index is 13.2. The van der Waals surface area contributed by atoms with Gasteiger partial charge in [0.25, 0.3) is 0 Å². The van der Waals surface area contributed by atoms with Gasteiger partial charge in [-0.3, -0.25) is 0 Å². The fraction of sp³-hybridized carbons (Fsp3) is 0.200. The lowest BCUT2D eigenvalue weighted by molar-refractivity contribution is 0.561. The van der Waals surface area contributed by atoms with Crippen LogP contribution in [0.3, 0.4) is 0 Å². The monoisotopic (exact) mass is 244 g/mol. The molecule has 0 aliphatic rings. The Bertz CT molecular complexity index is 353. The number of hydrogen-bond donors (Lipinski definition) is 0. The van der Waals surface area contributed by atoms with Crippen molar-refractivity contribution in [3.63, 3.8) is 0 Å². The zero-order valence-corrected chi connectivity index (χ0v) is 8.37. The highest BCUT2D eigenvalue weighted by Gasteiger charge is 2.09. The van der Waals surface area contributed by atoms with Crippen LogP contribution in [0, 0.1) is 24.0 Å². The van der Waals surface area contributed by atoms with Gasteiger partial charge in [0.15, 0.2) is 0 Å². The van der Waals surface area contributed by atoms with Crippen molar-refractivity contribution in [3.05, 3.63) is 33.8 Å². The SMILES string of the molecule is C#CCCc1ccc(F)c(Br)c1F. The van der Waals surface area contributed by atoms with Crippen molar-refractivity contribution in [2.75, 3.05) is 0 Å². The van der Waals surface area contributed by atoms with Crippen LogP contribution in [0.2, 0.25) is 0 Å². The minimum Gasteiger partial charge on any atom is -0.206 e. The lowest BCUT2D eigenvalue weighted by Crippen LogP contribution is -1.93. The second-order valence-corrected chi connectivity index (χ2v) is 3.33. The molecule has 3 heteroatoms. The topological polar surface area (TPSA) is 0 Å². The first kappa shape index (κ1) is 10.2. The van der Waals surface area contributed by atoms with Crippen molar-refractivity contribution in [1.29, 1.82) is 0 Å². The average Bonchev–Trinajstić information content (AvgIpc) is 2.13. The first-order chi connectivity index (χ1) is 6.16. The van der Waals surface area contributed by atoms with Gasteiger partial charge >= 0.3 is 0 Å². The second kappa shape index (κ2) is 4.38. The molecule has 0 aliphatic carbocycles. The predicted octanol–water partition coefficient (Wildman–Crippen LogP) is 3.29. The van der Waals surface area contributed by atoms with Crippen molar-refractivity contribution < 1.29 is 8.78 Å². The Hall–Kier alpha value is -0.880. The molecule has 0 fully saturated rings. The zero-order valence-electron chi connectivity index (χ0n) is 6.78. The third-order valence-electron chi connectivity index (χ3n) is 1.65. The van der Waals surface area contributed by atoms with Crippen molar-refractivity contribution in [2.24, 2.45) is 0 Å². The number of aryl methyl sites for hydroxylation is 1. The van der Waals surface area contributed by atoms with Gasteiger partial charge in [-0.15, -0.1) is 12.3 Å². The molecular formula is C10H7BrF2. The molecule has 0 saturated carbocycles. The van der Waals surface area contributed by atoms with Gasteiger partial charge in [0.2, 0.25) is 0 Å². The van der Waals surface area contributed by atoms with E-state index in [2.05, 4.69) is 21.9 Å². The largest absolute Gasteiger partial charge is 0.206 e. The summed E-state index contributed by atoms with van der Waals surface area (Å²) in [5.74, 6) is 1.25. The summed E-state index contributed by atoms with van der Waals surface area (Å²) in [4.78, 5) is 0. The lowest BCUT2D eigenvalue weighted by Gasteiger charge is -2.02. The summed E-state index contributed by atoms with van der Waals surface area (Å²) in [5.41, 5.74) is 0.436. The van der Waals surface area contributed by atoms with Crippen molar-refractivity contribution >= 4 is 15.9 Å². The summed E-state index contributed by atoms with van der Waals surface area (Å²) in [6.07, 6.45) is 5.92. The number of halogens is 3. The molecule has 0 saturated heterocycles. The molecular weight excluding hydrogens is 238 g/mol. The zero-order chi connectivity index (χ0) is 9.84. The minimum atomic E-state index is -0.595. The molecule has 0 amide bonds. The maximum atomic E-state index is 13.2. The maximum Gasteiger partial charge on any atom is 0.143 e. The fourth-order valence-corrected chi connectivity index (χ4v) is 1.35. The van der Waals surface area contributed by atoms with E-state index in [0.717, 1.165) is 0 Å². The van der Waals surface area contributed by atoms with Gasteiger partial charge in [-0.25, -0.2) is 8.78 Å². The Morgan fingerprint density at radius 3 is 2.69 bits per heavy atom. The second-order valence-electron chi connectivity index (χ2n) is 2.54. The standard InChI is InChI=1S/C10H7BrF2/c1-2-3-4-7-5-6-8(12)9(11)10(7)13/h1,5-6H,3-4H2.